The smallest absolute Gasteiger partial charge is 0.157 e. The SMILES string of the molecule is CC(O)(C#CCCOC1CCCCO1)c1ccccc1Oc1ccc(Cl)cc1. The zero-order valence-corrected chi connectivity index (χ0v) is 16.7. The number of aliphatic hydroxyl groups is 1. The summed E-state index contributed by atoms with van der Waals surface area (Å²) in [6.07, 6.45) is 3.57. The molecular formula is C23H25ClO4. The van der Waals surface area contributed by atoms with Crippen LogP contribution in [0.15, 0.2) is 48.5 Å². The van der Waals surface area contributed by atoms with Crippen LogP contribution in [0.25, 0.3) is 0 Å². The predicted molar refractivity (Wildman–Crippen MR) is 109 cm³/mol. The van der Waals surface area contributed by atoms with E-state index in [4.69, 9.17) is 25.8 Å². The minimum Gasteiger partial charge on any atom is -0.457 e. The number of hydrogen-bond acceptors (Lipinski definition) is 4. The minimum absolute atomic E-state index is 0.121. The monoisotopic (exact) mass is 400 g/mol. The van der Waals surface area contributed by atoms with Gasteiger partial charge in [-0.15, -0.1) is 0 Å². The van der Waals surface area contributed by atoms with Crippen LogP contribution < -0.4 is 4.74 Å². The molecule has 0 aliphatic carbocycles. The number of halogens is 1. The van der Waals surface area contributed by atoms with Gasteiger partial charge in [0.25, 0.3) is 0 Å². The van der Waals surface area contributed by atoms with Gasteiger partial charge in [-0.05, 0) is 56.5 Å². The first-order chi connectivity index (χ1) is 13.5. The predicted octanol–water partition coefficient (Wildman–Crippen LogP) is 5.28. The fourth-order valence-electron chi connectivity index (χ4n) is 2.97. The standard InChI is InChI=1S/C23H25ClO4/c1-23(25,15-5-7-17-27-22-10-4-6-16-26-22)20-8-2-3-9-21(20)28-19-13-11-18(24)12-14-19/h2-3,8-9,11-14,22,25H,4,6-7,10,16-17H2,1H3. The lowest BCUT2D eigenvalue weighted by molar-refractivity contribution is -0.161. The van der Waals surface area contributed by atoms with E-state index >= 15 is 0 Å². The highest BCUT2D eigenvalue weighted by Crippen LogP contribution is 2.33. The van der Waals surface area contributed by atoms with Gasteiger partial charge in [0.05, 0.1) is 6.61 Å². The second-order valence-corrected chi connectivity index (χ2v) is 7.28. The Labute approximate surface area is 171 Å². The summed E-state index contributed by atoms with van der Waals surface area (Å²) in [5, 5.41) is 11.5. The normalized spacial score (nSPS) is 18.6. The number of rotatable bonds is 6. The molecule has 3 rings (SSSR count). The molecule has 1 fully saturated rings. The molecule has 0 aromatic heterocycles. The van der Waals surface area contributed by atoms with Crippen molar-refractivity contribution < 1.29 is 19.3 Å². The summed E-state index contributed by atoms with van der Waals surface area (Å²) in [5.74, 6) is 7.13. The molecule has 0 spiro atoms. The summed E-state index contributed by atoms with van der Waals surface area (Å²) < 4.78 is 17.1. The number of hydrogen-bond donors (Lipinski definition) is 1. The first-order valence-corrected chi connectivity index (χ1v) is 9.91. The molecule has 0 bridgehead atoms. The molecule has 5 heteroatoms. The molecule has 2 atom stereocenters. The Hall–Kier alpha value is -2.03. The van der Waals surface area contributed by atoms with Crippen LogP contribution in [0.1, 0.15) is 38.2 Å². The fourth-order valence-corrected chi connectivity index (χ4v) is 3.10. The van der Waals surface area contributed by atoms with E-state index in [2.05, 4.69) is 11.8 Å². The first kappa shape index (κ1) is 20.7. The van der Waals surface area contributed by atoms with Crippen molar-refractivity contribution in [3.63, 3.8) is 0 Å². The largest absolute Gasteiger partial charge is 0.457 e. The molecule has 1 N–H and O–H groups in total. The van der Waals surface area contributed by atoms with Gasteiger partial charge < -0.3 is 19.3 Å². The molecule has 2 aromatic rings. The maximum Gasteiger partial charge on any atom is 0.157 e. The van der Waals surface area contributed by atoms with E-state index in [9.17, 15) is 5.11 Å². The van der Waals surface area contributed by atoms with Crippen molar-refractivity contribution in [2.45, 2.75) is 44.5 Å². The van der Waals surface area contributed by atoms with E-state index in [1.165, 1.54) is 0 Å². The molecule has 0 amide bonds. The Kier molecular flexibility index (Phi) is 7.36. The van der Waals surface area contributed by atoms with Crippen molar-refractivity contribution in [2.24, 2.45) is 0 Å². The van der Waals surface area contributed by atoms with Crippen molar-refractivity contribution in [1.82, 2.24) is 0 Å². The maximum atomic E-state index is 10.9. The Morgan fingerprint density at radius 3 is 2.71 bits per heavy atom. The average molecular weight is 401 g/mol. The van der Waals surface area contributed by atoms with Crippen LogP contribution in [0, 0.1) is 11.8 Å². The van der Waals surface area contributed by atoms with E-state index in [-0.39, 0.29) is 6.29 Å². The molecule has 4 nitrogen and oxygen atoms in total. The second-order valence-electron chi connectivity index (χ2n) is 6.84. The lowest BCUT2D eigenvalue weighted by Crippen LogP contribution is -2.22. The lowest BCUT2D eigenvalue weighted by Gasteiger charge is -2.22. The molecular weight excluding hydrogens is 376 g/mol. The molecule has 148 valence electrons. The van der Waals surface area contributed by atoms with Gasteiger partial charge >= 0.3 is 0 Å². The number of ether oxygens (including phenoxy) is 3. The van der Waals surface area contributed by atoms with Gasteiger partial charge in [0.1, 0.15) is 11.5 Å². The lowest BCUT2D eigenvalue weighted by atomic mass is 9.95. The van der Waals surface area contributed by atoms with E-state index in [0.717, 1.165) is 25.9 Å². The van der Waals surface area contributed by atoms with Crippen LogP contribution in [0.5, 0.6) is 11.5 Å². The highest BCUT2D eigenvalue weighted by Gasteiger charge is 2.24. The highest BCUT2D eigenvalue weighted by atomic mass is 35.5. The third kappa shape index (κ3) is 5.98. The molecule has 0 saturated carbocycles. The quantitative estimate of drug-likeness (QED) is 0.529. The Morgan fingerprint density at radius 1 is 1.18 bits per heavy atom. The first-order valence-electron chi connectivity index (χ1n) is 9.53. The van der Waals surface area contributed by atoms with Gasteiger partial charge in [-0.3, -0.25) is 0 Å². The number of para-hydroxylation sites is 1. The van der Waals surface area contributed by atoms with E-state index in [1.807, 2.05) is 24.3 Å². The average Bonchev–Trinajstić information content (AvgIpc) is 2.70. The molecule has 1 heterocycles. The van der Waals surface area contributed by atoms with Crippen molar-refractivity contribution in [2.75, 3.05) is 13.2 Å². The number of benzene rings is 2. The van der Waals surface area contributed by atoms with Gasteiger partial charge in [-0.25, -0.2) is 0 Å². The van der Waals surface area contributed by atoms with Crippen LogP contribution >= 0.6 is 11.6 Å². The Balaban J connectivity index is 1.62. The third-order valence-corrected chi connectivity index (χ3v) is 4.71. The van der Waals surface area contributed by atoms with Gasteiger partial charge in [-0.1, -0.05) is 41.6 Å². The minimum atomic E-state index is -1.34. The van der Waals surface area contributed by atoms with Crippen LogP contribution in [0.4, 0.5) is 0 Å². The maximum absolute atomic E-state index is 10.9. The molecule has 2 aromatic carbocycles. The summed E-state index contributed by atoms with van der Waals surface area (Å²) in [6, 6.07) is 14.4. The zero-order valence-electron chi connectivity index (χ0n) is 16.0. The van der Waals surface area contributed by atoms with E-state index < -0.39 is 5.60 Å². The van der Waals surface area contributed by atoms with Crippen LogP contribution in [-0.2, 0) is 15.1 Å². The molecule has 2 unspecified atom stereocenters. The Morgan fingerprint density at radius 2 is 1.96 bits per heavy atom. The molecule has 0 radical (unpaired) electrons. The van der Waals surface area contributed by atoms with Crippen molar-refractivity contribution in [1.29, 1.82) is 0 Å². The summed E-state index contributed by atoms with van der Waals surface area (Å²) >= 11 is 5.92. The van der Waals surface area contributed by atoms with Gasteiger partial charge in [0.15, 0.2) is 11.9 Å². The topological polar surface area (TPSA) is 47.9 Å². The van der Waals surface area contributed by atoms with E-state index in [0.29, 0.717) is 35.1 Å². The van der Waals surface area contributed by atoms with Crippen LogP contribution in [0.3, 0.4) is 0 Å². The van der Waals surface area contributed by atoms with Crippen molar-refractivity contribution in [3.05, 3.63) is 59.1 Å². The van der Waals surface area contributed by atoms with Crippen molar-refractivity contribution in [3.8, 4) is 23.3 Å². The van der Waals surface area contributed by atoms with Crippen LogP contribution in [-0.4, -0.2) is 24.6 Å². The van der Waals surface area contributed by atoms with Gasteiger partial charge in [0, 0.05) is 23.6 Å². The molecule has 1 aliphatic rings. The summed E-state index contributed by atoms with van der Waals surface area (Å²) in [5.41, 5.74) is -0.737. The van der Waals surface area contributed by atoms with E-state index in [1.54, 1.807) is 31.2 Å². The Bertz CT molecular complexity index is 814. The van der Waals surface area contributed by atoms with Crippen LogP contribution in [0.2, 0.25) is 5.02 Å². The molecule has 1 saturated heterocycles. The summed E-state index contributed by atoms with van der Waals surface area (Å²) in [4.78, 5) is 0. The molecule has 28 heavy (non-hydrogen) atoms. The third-order valence-electron chi connectivity index (χ3n) is 4.45. The summed E-state index contributed by atoms with van der Waals surface area (Å²) in [7, 11) is 0. The van der Waals surface area contributed by atoms with Crippen molar-refractivity contribution >= 4 is 11.6 Å². The molecule has 1 aliphatic heterocycles. The zero-order chi connectivity index (χ0) is 19.8. The summed E-state index contributed by atoms with van der Waals surface area (Å²) in [6.45, 7) is 2.90. The van der Waals surface area contributed by atoms with Gasteiger partial charge in [0.2, 0.25) is 0 Å². The fraction of sp³-hybridized carbons (Fsp3) is 0.391. The highest BCUT2D eigenvalue weighted by molar-refractivity contribution is 6.30. The van der Waals surface area contributed by atoms with Gasteiger partial charge in [-0.2, -0.15) is 0 Å². The second kappa shape index (κ2) is 9.95.